The quantitative estimate of drug-likeness (QED) is 0.877. The lowest BCUT2D eigenvalue weighted by Gasteiger charge is -2.13. The second-order valence-electron chi connectivity index (χ2n) is 3.92. The van der Waals surface area contributed by atoms with Gasteiger partial charge < -0.3 is 14.6 Å². The number of anilines is 1. The minimum atomic E-state index is -0.986. The number of cyclic esters (lactones) is 1. The van der Waals surface area contributed by atoms with Crippen molar-refractivity contribution in [2.45, 2.75) is 12.5 Å². The highest BCUT2D eigenvalue weighted by Crippen LogP contribution is 2.26. The average molecular weight is 251 g/mol. The van der Waals surface area contributed by atoms with Crippen LogP contribution in [0.4, 0.5) is 10.5 Å². The molecule has 0 saturated carbocycles. The molecule has 1 N–H and O–H groups in total. The molecule has 1 aliphatic rings. The van der Waals surface area contributed by atoms with Crippen molar-refractivity contribution in [3.05, 3.63) is 24.3 Å². The fourth-order valence-electron chi connectivity index (χ4n) is 1.81. The Morgan fingerprint density at radius 3 is 3.06 bits per heavy atom. The van der Waals surface area contributed by atoms with Gasteiger partial charge in [-0.25, -0.2) is 4.79 Å². The third kappa shape index (κ3) is 2.53. The number of nitrogens with zero attached hydrogens (tertiary/aromatic N) is 1. The molecular formula is C12H13NO5. The maximum Gasteiger partial charge on any atom is 0.414 e. The Kier molecular flexibility index (Phi) is 3.36. The van der Waals surface area contributed by atoms with E-state index < -0.39 is 18.2 Å². The fourth-order valence-corrected chi connectivity index (χ4v) is 1.81. The molecule has 2 rings (SSSR count). The summed E-state index contributed by atoms with van der Waals surface area (Å²) in [7, 11) is 1.54. The van der Waals surface area contributed by atoms with Gasteiger partial charge in [0, 0.05) is 6.07 Å². The Balaban J connectivity index is 2.13. The molecule has 0 spiro atoms. The van der Waals surface area contributed by atoms with E-state index in [-0.39, 0.29) is 13.0 Å². The van der Waals surface area contributed by atoms with E-state index in [4.69, 9.17) is 14.6 Å². The summed E-state index contributed by atoms with van der Waals surface area (Å²) in [6, 6.07) is 6.96. The van der Waals surface area contributed by atoms with Gasteiger partial charge in [-0.1, -0.05) is 6.07 Å². The van der Waals surface area contributed by atoms with Crippen LogP contribution in [0.25, 0.3) is 0 Å². The molecule has 1 fully saturated rings. The Hall–Kier alpha value is -2.24. The van der Waals surface area contributed by atoms with Gasteiger partial charge in [-0.2, -0.15) is 0 Å². The molecule has 1 aliphatic heterocycles. The van der Waals surface area contributed by atoms with Gasteiger partial charge in [0.2, 0.25) is 0 Å². The molecule has 6 heteroatoms. The number of aliphatic carboxylic acids is 1. The van der Waals surface area contributed by atoms with Crippen LogP contribution < -0.4 is 9.64 Å². The zero-order valence-electron chi connectivity index (χ0n) is 9.83. The predicted octanol–water partition coefficient (Wildman–Crippen LogP) is 1.50. The van der Waals surface area contributed by atoms with Crippen LogP contribution in [0.2, 0.25) is 0 Å². The van der Waals surface area contributed by atoms with Crippen molar-refractivity contribution >= 4 is 17.7 Å². The highest BCUT2D eigenvalue weighted by molar-refractivity contribution is 5.90. The largest absolute Gasteiger partial charge is 0.497 e. The molecule has 0 aromatic heterocycles. The van der Waals surface area contributed by atoms with Crippen LogP contribution in [-0.4, -0.2) is 36.9 Å². The number of benzene rings is 1. The van der Waals surface area contributed by atoms with Gasteiger partial charge in [0.05, 0.1) is 25.8 Å². The number of carboxylic acid groups (broad SMARTS) is 1. The minimum Gasteiger partial charge on any atom is -0.497 e. The number of amides is 1. The van der Waals surface area contributed by atoms with Crippen LogP contribution in [0.1, 0.15) is 6.42 Å². The number of rotatable bonds is 4. The van der Waals surface area contributed by atoms with Gasteiger partial charge in [-0.3, -0.25) is 9.69 Å². The number of hydrogen-bond acceptors (Lipinski definition) is 4. The highest BCUT2D eigenvalue weighted by atomic mass is 16.6. The maximum absolute atomic E-state index is 11.6. The first-order chi connectivity index (χ1) is 8.60. The first-order valence-corrected chi connectivity index (χ1v) is 5.44. The summed E-state index contributed by atoms with van der Waals surface area (Å²) >= 11 is 0. The summed E-state index contributed by atoms with van der Waals surface area (Å²) in [4.78, 5) is 23.6. The van der Waals surface area contributed by atoms with Crippen molar-refractivity contribution in [3.63, 3.8) is 0 Å². The van der Waals surface area contributed by atoms with Crippen LogP contribution in [0, 0.1) is 0 Å². The lowest BCUT2D eigenvalue weighted by molar-refractivity contribution is -0.138. The van der Waals surface area contributed by atoms with Crippen LogP contribution in [0.5, 0.6) is 5.75 Å². The van der Waals surface area contributed by atoms with Crippen molar-refractivity contribution in [3.8, 4) is 5.75 Å². The monoisotopic (exact) mass is 251 g/mol. The van der Waals surface area contributed by atoms with Gasteiger partial charge in [-0.15, -0.1) is 0 Å². The molecule has 1 unspecified atom stereocenters. The third-order valence-corrected chi connectivity index (χ3v) is 2.64. The molecule has 1 saturated heterocycles. The number of carboxylic acids is 1. The lowest BCUT2D eigenvalue weighted by atomic mass is 10.2. The molecule has 18 heavy (non-hydrogen) atoms. The van der Waals surface area contributed by atoms with Crippen molar-refractivity contribution < 1.29 is 24.2 Å². The van der Waals surface area contributed by atoms with Crippen LogP contribution in [0.15, 0.2) is 24.3 Å². The van der Waals surface area contributed by atoms with Gasteiger partial charge in [-0.05, 0) is 12.1 Å². The molecule has 6 nitrogen and oxygen atoms in total. The molecule has 1 heterocycles. The Labute approximate surface area is 104 Å². The molecule has 1 aromatic rings. The molecule has 0 radical (unpaired) electrons. The van der Waals surface area contributed by atoms with Crippen LogP contribution in [0.3, 0.4) is 0 Å². The fraction of sp³-hybridized carbons (Fsp3) is 0.333. The van der Waals surface area contributed by atoms with E-state index in [0.717, 1.165) is 0 Å². The summed E-state index contributed by atoms with van der Waals surface area (Å²) in [6.45, 7) is 0.234. The number of carbonyl (C=O) groups is 2. The number of ether oxygens (including phenoxy) is 2. The minimum absolute atomic E-state index is 0.188. The first kappa shape index (κ1) is 12.2. The zero-order chi connectivity index (χ0) is 13.1. The van der Waals surface area contributed by atoms with Crippen molar-refractivity contribution in [1.82, 2.24) is 0 Å². The Morgan fingerprint density at radius 2 is 2.39 bits per heavy atom. The Bertz CT molecular complexity index is 473. The first-order valence-electron chi connectivity index (χ1n) is 5.44. The molecular weight excluding hydrogens is 238 g/mol. The summed E-state index contributed by atoms with van der Waals surface area (Å²) in [5.41, 5.74) is 0.632. The standard InChI is InChI=1S/C12H13NO5/c1-17-9-4-2-3-8(5-9)13-7-10(6-11(14)15)18-12(13)16/h2-5,10H,6-7H2,1H3,(H,14,15). The molecule has 0 bridgehead atoms. The van der Waals surface area contributed by atoms with E-state index in [1.54, 1.807) is 24.3 Å². The molecule has 1 atom stereocenters. The Morgan fingerprint density at radius 1 is 1.61 bits per heavy atom. The normalized spacial score (nSPS) is 18.6. The molecule has 96 valence electrons. The zero-order valence-corrected chi connectivity index (χ0v) is 9.83. The molecule has 0 aliphatic carbocycles. The van der Waals surface area contributed by atoms with Gasteiger partial charge in [0.25, 0.3) is 0 Å². The molecule has 1 aromatic carbocycles. The summed E-state index contributed by atoms with van der Waals surface area (Å²) in [5.74, 6) is -0.359. The van der Waals surface area contributed by atoms with E-state index in [2.05, 4.69) is 0 Å². The second kappa shape index (κ2) is 4.95. The van der Waals surface area contributed by atoms with E-state index >= 15 is 0 Å². The number of hydrogen-bond donors (Lipinski definition) is 1. The number of methoxy groups -OCH3 is 1. The second-order valence-corrected chi connectivity index (χ2v) is 3.92. The van der Waals surface area contributed by atoms with Crippen molar-refractivity contribution in [1.29, 1.82) is 0 Å². The lowest BCUT2D eigenvalue weighted by Crippen LogP contribution is -2.25. The van der Waals surface area contributed by atoms with Crippen molar-refractivity contribution in [2.75, 3.05) is 18.6 Å². The van der Waals surface area contributed by atoms with Gasteiger partial charge in [0.15, 0.2) is 0 Å². The van der Waals surface area contributed by atoms with E-state index in [1.807, 2.05) is 0 Å². The highest BCUT2D eigenvalue weighted by Gasteiger charge is 2.33. The van der Waals surface area contributed by atoms with Crippen LogP contribution in [-0.2, 0) is 9.53 Å². The van der Waals surface area contributed by atoms with Crippen LogP contribution >= 0.6 is 0 Å². The SMILES string of the molecule is COc1cccc(N2CC(CC(=O)O)OC2=O)c1. The predicted molar refractivity (Wildman–Crippen MR) is 62.9 cm³/mol. The van der Waals surface area contributed by atoms with E-state index in [1.165, 1.54) is 12.0 Å². The number of carbonyl (C=O) groups excluding carboxylic acids is 1. The average Bonchev–Trinajstić information content (AvgIpc) is 2.69. The molecule has 1 amide bonds. The maximum atomic E-state index is 11.6. The topological polar surface area (TPSA) is 76.1 Å². The van der Waals surface area contributed by atoms with E-state index in [9.17, 15) is 9.59 Å². The van der Waals surface area contributed by atoms with Crippen molar-refractivity contribution in [2.24, 2.45) is 0 Å². The summed E-state index contributed by atoms with van der Waals surface area (Å²) in [5, 5.41) is 8.67. The van der Waals surface area contributed by atoms with Gasteiger partial charge in [0.1, 0.15) is 11.9 Å². The summed E-state index contributed by atoms with van der Waals surface area (Å²) in [6.07, 6.45) is -1.33. The third-order valence-electron chi connectivity index (χ3n) is 2.64. The smallest absolute Gasteiger partial charge is 0.414 e. The summed E-state index contributed by atoms with van der Waals surface area (Å²) < 4.78 is 10.0. The van der Waals surface area contributed by atoms with Gasteiger partial charge >= 0.3 is 12.1 Å². The van der Waals surface area contributed by atoms with E-state index in [0.29, 0.717) is 11.4 Å².